The normalized spacial score (nSPS) is 24.0. The molecule has 3 rings (SSSR count). The van der Waals surface area contributed by atoms with Crippen LogP contribution in [0.25, 0.3) is 0 Å². The van der Waals surface area contributed by atoms with Gasteiger partial charge in [0.1, 0.15) is 5.76 Å². The predicted molar refractivity (Wildman–Crippen MR) is 88.8 cm³/mol. The van der Waals surface area contributed by atoms with Gasteiger partial charge < -0.3 is 14.2 Å². The molecule has 0 saturated carbocycles. The summed E-state index contributed by atoms with van der Waals surface area (Å²) in [4.78, 5) is 40.7. The summed E-state index contributed by atoms with van der Waals surface area (Å²) in [6.07, 6.45) is 3.44. The van der Waals surface area contributed by atoms with E-state index in [9.17, 15) is 14.4 Å². The van der Waals surface area contributed by atoms with Crippen molar-refractivity contribution < 1.29 is 14.0 Å². The highest BCUT2D eigenvalue weighted by Crippen LogP contribution is 2.40. The van der Waals surface area contributed by atoms with Crippen LogP contribution < -0.4 is 5.43 Å². The number of nitrogens with zero attached hydrogens (tertiary/aromatic N) is 2. The average Bonchev–Trinajstić information content (AvgIpc) is 2.96. The van der Waals surface area contributed by atoms with Crippen molar-refractivity contribution in [3.63, 3.8) is 0 Å². The molecular weight excluding hydrogens is 308 g/mol. The van der Waals surface area contributed by atoms with E-state index in [0.29, 0.717) is 25.3 Å². The highest BCUT2D eigenvalue weighted by molar-refractivity contribution is 5.93. The molecule has 1 aromatic rings. The summed E-state index contributed by atoms with van der Waals surface area (Å²) in [5.41, 5.74) is -0.688. The summed E-state index contributed by atoms with van der Waals surface area (Å²) in [7, 11) is 0. The first-order chi connectivity index (χ1) is 11.4. The summed E-state index contributed by atoms with van der Waals surface area (Å²) in [5, 5.41) is 0. The summed E-state index contributed by atoms with van der Waals surface area (Å²) < 4.78 is 5.41. The fourth-order valence-electron chi connectivity index (χ4n) is 3.92. The van der Waals surface area contributed by atoms with Crippen molar-refractivity contribution in [3.8, 4) is 0 Å². The number of carbonyl (C=O) groups excluding carboxylic acids is 2. The lowest BCUT2D eigenvalue weighted by molar-refractivity contribution is -0.145. The van der Waals surface area contributed by atoms with E-state index in [1.54, 1.807) is 11.8 Å². The van der Waals surface area contributed by atoms with Crippen molar-refractivity contribution in [2.45, 2.75) is 39.5 Å². The highest BCUT2D eigenvalue weighted by atomic mass is 16.3. The number of aryl methyl sites for hydroxylation is 1. The third kappa shape index (κ3) is 2.97. The van der Waals surface area contributed by atoms with Gasteiger partial charge in [-0.1, -0.05) is 6.92 Å². The van der Waals surface area contributed by atoms with Gasteiger partial charge in [-0.05, 0) is 32.6 Å². The van der Waals surface area contributed by atoms with E-state index >= 15 is 0 Å². The molecule has 0 aromatic carbocycles. The van der Waals surface area contributed by atoms with Crippen LogP contribution in [-0.4, -0.2) is 47.8 Å². The molecule has 24 heavy (non-hydrogen) atoms. The smallest absolute Gasteiger partial charge is 0.289 e. The Hall–Kier alpha value is -2.11. The molecule has 0 aliphatic carbocycles. The number of rotatable bonds is 3. The number of carbonyl (C=O) groups is 2. The van der Waals surface area contributed by atoms with E-state index in [4.69, 9.17) is 4.42 Å². The van der Waals surface area contributed by atoms with Gasteiger partial charge >= 0.3 is 0 Å². The van der Waals surface area contributed by atoms with Gasteiger partial charge in [-0.25, -0.2) is 0 Å². The first-order valence-corrected chi connectivity index (χ1v) is 8.66. The topological polar surface area (TPSA) is 70.8 Å². The Labute approximate surface area is 141 Å². The lowest BCUT2D eigenvalue weighted by Crippen LogP contribution is -2.50. The standard InChI is InChI=1S/C18H24N2O4/c1-3-7-19-8-4-5-18(17(19)23)6-9-20(12-18)16(22)15-11-14(21)10-13(2)24-15/h10-11H,3-9,12H2,1-2H3/t18-/m1/s1. The molecule has 1 spiro atoms. The third-order valence-electron chi connectivity index (χ3n) is 5.06. The SMILES string of the molecule is CCCN1CCC[C@]2(CCN(C(=O)c3cc(=O)cc(C)o3)C2)C1=O. The largest absolute Gasteiger partial charge is 0.456 e. The van der Waals surface area contributed by atoms with Crippen molar-refractivity contribution in [1.29, 1.82) is 0 Å². The van der Waals surface area contributed by atoms with E-state index in [1.807, 2.05) is 4.90 Å². The monoisotopic (exact) mass is 332 g/mol. The number of likely N-dealkylation sites (tertiary alicyclic amines) is 2. The molecule has 0 bridgehead atoms. The molecule has 1 atom stereocenters. The number of hydrogen-bond acceptors (Lipinski definition) is 4. The second kappa shape index (κ2) is 6.42. The molecule has 0 unspecified atom stereocenters. The van der Waals surface area contributed by atoms with E-state index < -0.39 is 5.41 Å². The van der Waals surface area contributed by atoms with Gasteiger partial charge in [0, 0.05) is 38.3 Å². The van der Waals surface area contributed by atoms with Crippen molar-refractivity contribution in [2.75, 3.05) is 26.2 Å². The lowest BCUT2D eigenvalue weighted by Gasteiger charge is -2.39. The van der Waals surface area contributed by atoms with Crippen molar-refractivity contribution in [3.05, 3.63) is 33.9 Å². The van der Waals surface area contributed by atoms with Gasteiger partial charge in [0.05, 0.1) is 5.41 Å². The van der Waals surface area contributed by atoms with Gasteiger partial charge in [-0.15, -0.1) is 0 Å². The zero-order valence-corrected chi connectivity index (χ0v) is 14.3. The Morgan fingerprint density at radius 2 is 2.04 bits per heavy atom. The van der Waals surface area contributed by atoms with E-state index in [1.165, 1.54) is 12.1 Å². The van der Waals surface area contributed by atoms with Gasteiger partial charge in [-0.2, -0.15) is 0 Å². The van der Waals surface area contributed by atoms with Crippen LogP contribution in [0, 0.1) is 12.3 Å². The number of amides is 2. The zero-order chi connectivity index (χ0) is 17.3. The fraction of sp³-hybridized carbons (Fsp3) is 0.611. The van der Waals surface area contributed by atoms with Crippen molar-refractivity contribution >= 4 is 11.8 Å². The van der Waals surface area contributed by atoms with Crippen LogP contribution in [0.4, 0.5) is 0 Å². The molecule has 1 aromatic heterocycles. The first kappa shape index (κ1) is 16.7. The molecule has 2 saturated heterocycles. The molecule has 0 radical (unpaired) electrons. The fourth-order valence-corrected chi connectivity index (χ4v) is 3.92. The molecule has 6 nitrogen and oxygen atoms in total. The molecule has 3 heterocycles. The van der Waals surface area contributed by atoms with Crippen LogP contribution >= 0.6 is 0 Å². The second-order valence-corrected chi connectivity index (χ2v) is 6.92. The lowest BCUT2D eigenvalue weighted by atomic mass is 9.78. The Bertz CT molecular complexity index is 709. The minimum atomic E-state index is -0.451. The average molecular weight is 332 g/mol. The van der Waals surface area contributed by atoms with Gasteiger partial charge in [0.25, 0.3) is 5.91 Å². The van der Waals surface area contributed by atoms with E-state index in [2.05, 4.69) is 6.92 Å². The maximum Gasteiger partial charge on any atom is 0.289 e. The van der Waals surface area contributed by atoms with Crippen LogP contribution in [0.15, 0.2) is 21.3 Å². The number of hydrogen-bond donors (Lipinski definition) is 0. The van der Waals surface area contributed by atoms with Crippen molar-refractivity contribution in [2.24, 2.45) is 5.41 Å². The third-order valence-corrected chi connectivity index (χ3v) is 5.06. The van der Waals surface area contributed by atoms with E-state index in [-0.39, 0.29) is 23.0 Å². The van der Waals surface area contributed by atoms with Crippen LogP contribution in [-0.2, 0) is 4.79 Å². The molecule has 2 aliphatic rings. The summed E-state index contributed by atoms with van der Waals surface area (Å²) in [6.45, 7) is 6.26. The number of piperidine rings is 1. The molecule has 2 amide bonds. The summed E-state index contributed by atoms with van der Waals surface area (Å²) in [5.74, 6) is 0.359. The minimum absolute atomic E-state index is 0.0609. The second-order valence-electron chi connectivity index (χ2n) is 6.92. The maximum atomic E-state index is 12.9. The maximum absolute atomic E-state index is 12.9. The minimum Gasteiger partial charge on any atom is -0.456 e. The Balaban J connectivity index is 1.78. The molecule has 0 N–H and O–H groups in total. The van der Waals surface area contributed by atoms with Crippen LogP contribution in [0.2, 0.25) is 0 Å². The molecule has 130 valence electrons. The Morgan fingerprint density at radius 3 is 2.75 bits per heavy atom. The van der Waals surface area contributed by atoms with E-state index in [0.717, 1.165) is 32.4 Å². The Morgan fingerprint density at radius 1 is 1.25 bits per heavy atom. The molecule has 2 aliphatic heterocycles. The zero-order valence-electron chi connectivity index (χ0n) is 14.3. The predicted octanol–water partition coefficient (Wildman–Crippen LogP) is 1.81. The first-order valence-electron chi connectivity index (χ1n) is 8.66. The van der Waals surface area contributed by atoms with Gasteiger partial charge in [0.2, 0.25) is 5.91 Å². The van der Waals surface area contributed by atoms with Gasteiger partial charge in [0.15, 0.2) is 11.2 Å². The van der Waals surface area contributed by atoms with Crippen molar-refractivity contribution in [1.82, 2.24) is 9.80 Å². The van der Waals surface area contributed by atoms with Crippen LogP contribution in [0.3, 0.4) is 0 Å². The highest BCUT2D eigenvalue weighted by Gasteiger charge is 2.49. The molecule has 2 fully saturated rings. The van der Waals surface area contributed by atoms with Crippen LogP contribution in [0.5, 0.6) is 0 Å². The summed E-state index contributed by atoms with van der Waals surface area (Å²) in [6, 6.07) is 2.59. The van der Waals surface area contributed by atoms with Gasteiger partial charge in [-0.3, -0.25) is 14.4 Å². The quantitative estimate of drug-likeness (QED) is 0.846. The Kier molecular flexibility index (Phi) is 4.47. The molecule has 6 heteroatoms. The van der Waals surface area contributed by atoms with Crippen LogP contribution in [0.1, 0.15) is 48.9 Å². The summed E-state index contributed by atoms with van der Waals surface area (Å²) >= 11 is 0. The molecular formula is C18H24N2O4.